The summed E-state index contributed by atoms with van der Waals surface area (Å²) in [5, 5.41) is 5.19. The van der Waals surface area contributed by atoms with Gasteiger partial charge in [0.15, 0.2) is 0 Å². The number of carbonyl (C=O) groups excluding carboxylic acids is 3. The molecule has 7 nitrogen and oxygen atoms in total. The van der Waals surface area contributed by atoms with Gasteiger partial charge in [0.25, 0.3) is 0 Å². The Balaban J connectivity index is 3.63. The molecule has 0 radical (unpaired) electrons. The first kappa shape index (κ1) is 19.4. The van der Waals surface area contributed by atoms with Crippen LogP contribution in [0, 0.1) is 0 Å². The molecule has 0 aromatic heterocycles. The predicted octanol–water partition coefficient (Wildman–Crippen LogP) is 0.0796. The molecule has 4 N–H and O–H groups in total. The topological polar surface area (TPSA) is 111 Å². The molecule has 0 aliphatic heterocycles. The summed E-state index contributed by atoms with van der Waals surface area (Å²) in [6.07, 6.45) is 1.83. The highest BCUT2D eigenvalue weighted by atomic mass is 16.6. The van der Waals surface area contributed by atoms with Crippen LogP contribution in [0.3, 0.4) is 0 Å². The maximum atomic E-state index is 11.5. The van der Waals surface area contributed by atoms with Crippen molar-refractivity contribution >= 4 is 17.8 Å². The van der Waals surface area contributed by atoms with Crippen LogP contribution < -0.4 is 16.4 Å². The number of rotatable bonds is 9. The number of esters is 1. The molecule has 0 aliphatic carbocycles. The first-order chi connectivity index (χ1) is 9.74. The molecule has 122 valence electrons. The molecule has 0 aliphatic rings. The molecule has 0 aromatic carbocycles. The molecule has 2 amide bonds. The Morgan fingerprint density at radius 1 is 1.00 bits per heavy atom. The van der Waals surface area contributed by atoms with Crippen LogP contribution in [0.4, 0.5) is 0 Å². The van der Waals surface area contributed by atoms with Gasteiger partial charge in [0.05, 0.1) is 0 Å². The molecule has 0 saturated heterocycles. The van der Waals surface area contributed by atoms with E-state index in [-0.39, 0.29) is 24.8 Å². The average Bonchev–Trinajstić information content (AvgIpc) is 2.37. The Morgan fingerprint density at radius 3 is 2.14 bits per heavy atom. The minimum absolute atomic E-state index is 0.0605. The van der Waals surface area contributed by atoms with E-state index in [0.717, 1.165) is 0 Å². The third-order valence-corrected chi connectivity index (χ3v) is 2.36. The molecule has 0 atom stereocenters. The smallest absolute Gasteiger partial charge is 0.325 e. The Kier molecular flexibility index (Phi) is 9.36. The van der Waals surface area contributed by atoms with Crippen molar-refractivity contribution in [3.63, 3.8) is 0 Å². The standard InChI is InChI=1S/C14H27N3O4/c1-14(2,3)21-13(20)10-17-12(19)7-5-9-16-11(18)6-4-8-15/h4-10,15H2,1-3H3,(H,16,18)(H,17,19). The van der Waals surface area contributed by atoms with Crippen LogP contribution in [0.2, 0.25) is 0 Å². The van der Waals surface area contributed by atoms with Crippen LogP contribution in [0.25, 0.3) is 0 Å². The summed E-state index contributed by atoms with van der Waals surface area (Å²) in [6, 6.07) is 0. The number of ether oxygens (including phenoxy) is 1. The summed E-state index contributed by atoms with van der Waals surface area (Å²) >= 11 is 0. The average molecular weight is 301 g/mol. The van der Waals surface area contributed by atoms with E-state index in [1.165, 1.54) is 0 Å². The van der Waals surface area contributed by atoms with Crippen molar-refractivity contribution in [2.75, 3.05) is 19.6 Å². The van der Waals surface area contributed by atoms with Gasteiger partial charge >= 0.3 is 5.97 Å². The summed E-state index contributed by atoms with van der Waals surface area (Å²) < 4.78 is 5.06. The summed E-state index contributed by atoms with van der Waals surface area (Å²) in [6.45, 7) is 6.07. The third-order valence-electron chi connectivity index (χ3n) is 2.36. The summed E-state index contributed by atoms with van der Waals surface area (Å²) in [5.41, 5.74) is 4.74. The first-order valence-corrected chi connectivity index (χ1v) is 7.20. The van der Waals surface area contributed by atoms with Gasteiger partial charge in [-0.2, -0.15) is 0 Å². The third kappa shape index (κ3) is 13.1. The highest BCUT2D eigenvalue weighted by Gasteiger charge is 2.16. The first-order valence-electron chi connectivity index (χ1n) is 7.20. The van der Waals surface area contributed by atoms with E-state index in [9.17, 15) is 14.4 Å². The molecule has 21 heavy (non-hydrogen) atoms. The fourth-order valence-corrected chi connectivity index (χ4v) is 1.46. The van der Waals surface area contributed by atoms with Gasteiger partial charge in [-0.05, 0) is 40.2 Å². The molecule has 0 heterocycles. The fourth-order valence-electron chi connectivity index (χ4n) is 1.46. The van der Waals surface area contributed by atoms with E-state index in [0.29, 0.717) is 32.4 Å². The van der Waals surface area contributed by atoms with Gasteiger partial charge in [0.2, 0.25) is 11.8 Å². The molecule has 0 fully saturated rings. The monoisotopic (exact) mass is 301 g/mol. The van der Waals surface area contributed by atoms with Crippen molar-refractivity contribution in [1.82, 2.24) is 10.6 Å². The summed E-state index contributed by atoms with van der Waals surface area (Å²) in [7, 11) is 0. The lowest BCUT2D eigenvalue weighted by Gasteiger charge is -2.19. The molecule has 0 spiro atoms. The van der Waals surface area contributed by atoms with Gasteiger partial charge < -0.3 is 21.1 Å². The molecule has 0 saturated carbocycles. The molecular formula is C14H27N3O4. The van der Waals surface area contributed by atoms with Crippen LogP contribution in [0.1, 0.15) is 46.5 Å². The van der Waals surface area contributed by atoms with Crippen molar-refractivity contribution in [3.05, 3.63) is 0 Å². The van der Waals surface area contributed by atoms with Gasteiger partial charge in [0, 0.05) is 19.4 Å². The minimum Gasteiger partial charge on any atom is -0.459 e. The van der Waals surface area contributed by atoms with E-state index in [4.69, 9.17) is 10.5 Å². The summed E-state index contributed by atoms with van der Waals surface area (Å²) in [4.78, 5) is 34.1. The second-order valence-corrected chi connectivity index (χ2v) is 5.71. The van der Waals surface area contributed by atoms with E-state index in [1.54, 1.807) is 20.8 Å². The van der Waals surface area contributed by atoms with Crippen molar-refractivity contribution in [3.8, 4) is 0 Å². The van der Waals surface area contributed by atoms with Crippen LogP contribution in [0.5, 0.6) is 0 Å². The van der Waals surface area contributed by atoms with Gasteiger partial charge in [-0.3, -0.25) is 14.4 Å². The number of amides is 2. The normalized spacial score (nSPS) is 10.9. The lowest BCUT2D eigenvalue weighted by Crippen LogP contribution is -2.35. The lowest BCUT2D eigenvalue weighted by atomic mass is 10.2. The van der Waals surface area contributed by atoms with Crippen molar-refractivity contribution < 1.29 is 19.1 Å². The number of carbonyl (C=O) groups is 3. The Bertz CT molecular complexity index is 351. The number of nitrogens with two attached hydrogens (primary N) is 1. The molecule has 7 heteroatoms. The largest absolute Gasteiger partial charge is 0.459 e. The Labute approximate surface area is 126 Å². The van der Waals surface area contributed by atoms with E-state index in [2.05, 4.69) is 10.6 Å². The fraction of sp³-hybridized carbons (Fsp3) is 0.786. The second kappa shape index (κ2) is 10.1. The van der Waals surface area contributed by atoms with Crippen molar-refractivity contribution in [2.45, 2.75) is 52.1 Å². The SMILES string of the molecule is CC(C)(C)OC(=O)CNC(=O)CCCNC(=O)CCCN. The highest BCUT2D eigenvalue weighted by Crippen LogP contribution is 2.06. The van der Waals surface area contributed by atoms with Gasteiger partial charge in [0.1, 0.15) is 12.1 Å². The molecular weight excluding hydrogens is 274 g/mol. The zero-order valence-corrected chi connectivity index (χ0v) is 13.2. The van der Waals surface area contributed by atoms with Gasteiger partial charge in [-0.1, -0.05) is 0 Å². The molecule has 0 aromatic rings. The zero-order valence-electron chi connectivity index (χ0n) is 13.2. The van der Waals surface area contributed by atoms with E-state index < -0.39 is 11.6 Å². The second-order valence-electron chi connectivity index (χ2n) is 5.71. The van der Waals surface area contributed by atoms with Gasteiger partial charge in [-0.15, -0.1) is 0 Å². The number of hydrogen-bond donors (Lipinski definition) is 3. The highest BCUT2D eigenvalue weighted by molar-refractivity contribution is 5.82. The lowest BCUT2D eigenvalue weighted by molar-refractivity contribution is -0.154. The molecule has 0 rings (SSSR count). The minimum atomic E-state index is -0.560. The van der Waals surface area contributed by atoms with Crippen molar-refractivity contribution in [1.29, 1.82) is 0 Å². The van der Waals surface area contributed by atoms with Crippen LogP contribution in [-0.4, -0.2) is 43.0 Å². The van der Waals surface area contributed by atoms with E-state index >= 15 is 0 Å². The maximum Gasteiger partial charge on any atom is 0.325 e. The molecule has 0 unspecified atom stereocenters. The molecule has 0 bridgehead atoms. The number of nitrogens with one attached hydrogen (secondary N) is 2. The van der Waals surface area contributed by atoms with Crippen LogP contribution in [0.15, 0.2) is 0 Å². The maximum absolute atomic E-state index is 11.5. The van der Waals surface area contributed by atoms with Crippen molar-refractivity contribution in [2.24, 2.45) is 5.73 Å². The van der Waals surface area contributed by atoms with E-state index in [1.807, 2.05) is 0 Å². The van der Waals surface area contributed by atoms with Crippen LogP contribution >= 0.6 is 0 Å². The Morgan fingerprint density at radius 2 is 1.57 bits per heavy atom. The quantitative estimate of drug-likeness (QED) is 0.412. The van der Waals surface area contributed by atoms with Gasteiger partial charge in [-0.25, -0.2) is 0 Å². The van der Waals surface area contributed by atoms with Crippen LogP contribution in [-0.2, 0) is 19.1 Å². The number of hydrogen-bond acceptors (Lipinski definition) is 5. The predicted molar refractivity (Wildman–Crippen MR) is 79.4 cm³/mol. The summed E-state index contributed by atoms with van der Waals surface area (Å²) in [5.74, 6) is -0.766. The zero-order chi connectivity index (χ0) is 16.3. The Hall–Kier alpha value is -1.63.